The molecule has 1 amide bonds. The number of fused-ring (bicyclic) bond motifs is 1. The fraction of sp³-hybridized carbons (Fsp3) is 0.208. The van der Waals surface area contributed by atoms with Crippen LogP contribution in [0, 0.1) is 0 Å². The highest BCUT2D eigenvalue weighted by molar-refractivity contribution is 7.98. The smallest absolute Gasteiger partial charge is 0.257 e. The van der Waals surface area contributed by atoms with E-state index in [1.54, 1.807) is 24.2 Å². The number of H-pyrrole nitrogens is 1. The van der Waals surface area contributed by atoms with E-state index in [1.807, 2.05) is 36.4 Å². The number of aromatic amines is 1. The lowest BCUT2D eigenvalue weighted by Crippen LogP contribution is -2.13. The largest absolute Gasteiger partial charge is 0.368 e. The van der Waals surface area contributed by atoms with Crippen molar-refractivity contribution in [3.63, 3.8) is 0 Å². The molecule has 0 spiro atoms. The summed E-state index contributed by atoms with van der Waals surface area (Å²) in [6, 6.07) is 15.8. The summed E-state index contributed by atoms with van der Waals surface area (Å²) in [6.07, 6.45) is 3.41. The Kier molecular flexibility index (Phi) is 5.69. The maximum Gasteiger partial charge on any atom is 0.257 e. The lowest BCUT2D eigenvalue weighted by atomic mass is 9.87. The molecule has 2 aromatic heterocycles. The number of carbonyl (C=O) groups excluding carboxylic acids is 1. The molecule has 0 radical (unpaired) electrons. The van der Waals surface area contributed by atoms with Gasteiger partial charge in [0.25, 0.3) is 5.91 Å². The fourth-order valence-electron chi connectivity index (χ4n) is 3.35. The van der Waals surface area contributed by atoms with Crippen LogP contribution in [0.25, 0.3) is 10.9 Å². The highest BCUT2D eigenvalue weighted by Crippen LogP contribution is 2.33. The number of nitrogens with zero attached hydrogens (tertiary/aromatic N) is 2. The summed E-state index contributed by atoms with van der Waals surface area (Å²) in [5.74, 6) is 0.747. The van der Waals surface area contributed by atoms with Crippen molar-refractivity contribution in [2.75, 3.05) is 11.1 Å². The Morgan fingerprint density at radius 1 is 1.13 bits per heavy atom. The van der Waals surface area contributed by atoms with Crippen molar-refractivity contribution in [1.82, 2.24) is 15.0 Å². The number of rotatable bonds is 5. The van der Waals surface area contributed by atoms with Gasteiger partial charge < -0.3 is 16.0 Å². The zero-order chi connectivity index (χ0) is 22.0. The molecule has 0 atom stereocenters. The molecule has 6 nitrogen and oxygen atoms in total. The molecular formula is C24H25N5OS. The second-order valence-electron chi connectivity index (χ2n) is 8.36. The number of nitrogens with two attached hydrogens (primary N) is 1. The normalized spacial score (nSPS) is 11.6. The van der Waals surface area contributed by atoms with E-state index in [4.69, 9.17) is 5.73 Å². The van der Waals surface area contributed by atoms with E-state index in [0.717, 1.165) is 27.2 Å². The van der Waals surface area contributed by atoms with Gasteiger partial charge >= 0.3 is 0 Å². The molecule has 0 aliphatic carbocycles. The highest BCUT2D eigenvalue weighted by atomic mass is 32.2. The Morgan fingerprint density at radius 3 is 2.61 bits per heavy atom. The average molecular weight is 432 g/mol. The number of hydrogen-bond donors (Lipinski definition) is 3. The molecule has 0 unspecified atom stereocenters. The Balaban J connectivity index is 1.57. The number of nitrogens with one attached hydrogen (secondary N) is 2. The van der Waals surface area contributed by atoms with E-state index in [-0.39, 0.29) is 17.3 Å². The van der Waals surface area contributed by atoms with E-state index in [2.05, 4.69) is 53.2 Å². The van der Waals surface area contributed by atoms with Crippen LogP contribution in [0.2, 0.25) is 0 Å². The highest BCUT2D eigenvalue weighted by Gasteiger charge is 2.17. The molecule has 0 saturated heterocycles. The zero-order valence-corrected chi connectivity index (χ0v) is 18.6. The molecule has 7 heteroatoms. The van der Waals surface area contributed by atoms with Gasteiger partial charge in [0, 0.05) is 39.6 Å². The molecule has 4 aromatic rings. The predicted molar refractivity (Wildman–Crippen MR) is 127 cm³/mol. The van der Waals surface area contributed by atoms with Crippen LogP contribution in [0.1, 0.15) is 42.4 Å². The first kappa shape index (κ1) is 20.9. The number of aromatic nitrogens is 3. The van der Waals surface area contributed by atoms with Crippen LogP contribution in [-0.4, -0.2) is 20.9 Å². The van der Waals surface area contributed by atoms with Crippen LogP contribution < -0.4 is 11.1 Å². The fourth-order valence-corrected chi connectivity index (χ4v) is 4.35. The van der Waals surface area contributed by atoms with E-state index in [0.29, 0.717) is 11.3 Å². The number of hydrogen-bond acceptors (Lipinski definition) is 5. The van der Waals surface area contributed by atoms with Crippen molar-refractivity contribution >= 4 is 40.2 Å². The van der Waals surface area contributed by atoms with Gasteiger partial charge in [0.15, 0.2) is 0 Å². The molecule has 4 rings (SSSR count). The number of carbonyl (C=O) groups is 1. The van der Waals surface area contributed by atoms with Crippen LogP contribution >= 0.6 is 11.8 Å². The molecule has 0 saturated carbocycles. The predicted octanol–water partition coefficient (Wildman–Crippen LogP) is 5.38. The minimum atomic E-state index is -0.144. The SMILES string of the molecule is CC(C)(C)c1ccc(NC(=O)c2c[nH]c3cccc(SCc4ccnc(N)n4)c23)cc1. The first-order chi connectivity index (χ1) is 14.8. The van der Waals surface area contributed by atoms with Crippen LogP contribution in [0.15, 0.2) is 65.8 Å². The van der Waals surface area contributed by atoms with Gasteiger partial charge in [-0.05, 0) is 41.3 Å². The summed E-state index contributed by atoms with van der Waals surface area (Å²) >= 11 is 1.61. The van der Waals surface area contributed by atoms with Gasteiger partial charge in [-0.1, -0.05) is 39.0 Å². The molecule has 0 fully saturated rings. The zero-order valence-electron chi connectivity index (χ0n) is 17.8. The van der Waals surface area contributed by atoms with Crippen molar-refractivity contribution in [3.8, 4) is 0 Å². The van der Waals surface area contributed by atoms with Gasteiger partial charge in [0.05, 0.1) is 11.3 Å². The summed E-state index contributed by atoms with van der Waals surface area (Å²) in [5.41, 5.74) is 10.1. The van der Waals surface area contributed by atoms with Crippen LogP contribution in [-0.2, 0) is 11.2 Å². The van der Waals surface area contributed by atoms with Gasteiger partial charge in [-0.3, -0.25) is 4.79 Å². The van der Waals surface area contributed by atoms with Gasteiger partial charge in [-0.25, -0.2) is 9.97 Å². The van der Waals surface area contributed by atoms with E-state index < -0.39 is 0 Å². The van der Waals surface area contributed by atoms with Gasteiger partial charge in [0.2, 0.25) is 5.95 Å². The molecule has 0 aliphatic heterocycles. The number of nitrogen functional groups attached to an aromatic ring is 1. The lowest BCUT2D eigenvalue weighted by Gasteiger charge is -2.19. The van der Waals surface area contributed by atoms with Crippen molar-refractivity contribution < 1.29 is 4.79 Å². The Bertz CT molecular complexity index is 1220. The average Bonchev–Trinajstić information content (AvgIpc) is 3.17. The first-order valence-electron chi connectivity index (χ1n) is 10.0. The van der Waals surface area contributed by atoms with Crippen molar-refractivity contribution in [2.24, 2.45) is 0 Å². The van der Waals surface area contributed by atoms with Gasteiger partial charge in [0.1, 0.15) is 0 Å². The molecular weight excluding hydrogens is 406 g/mol. The maximum absolute atomic E-state index is 13.1. The summed E-state index contributed by atoms with van der Waals surface area (Å²) in [7, 11) is 0. The minimum absolute atomic E-state index is 0.0693. The molecule has 158 valence electrons. The molecule has 0 bridgehead atoms. The van der Waals surface area contributed by atoms with Gasteiger partial charge in [-0.2, -0.15) is 0 Å². The summed E-state index contributed by atoms with van der Waals surface area (Å²) in [5, 5.41) is 3.92. The third kappa shape index (κ3) is 4.72. The second-order valence-corrected chi connectivity index (χ2v) is 9.37. The standard InChI is InChI=1S/C24H25N5OS/c1-24(2,3)15-7-9-16(10-8-15)28-22(30)18-13-27-19-5-4-6-20(21(18)19)31-14-17-11-12-26-23(25)29-17/h4-13,27H,14H2,1-3H3,(H,28,30)(H2,25,26,29). The monoisotopic (exact) mass is 431 g/mol. The summed E-state index contributed by atoms with van der Waals surface area (Å²) < 4.78 is 0. The van der Waals surface area contributed by atoms with Crippen molar-refractivity contribution in [1.29, 1.82) is 0 Å². The Hall–Kier alpha value is -3.32. The third-order valence-electron chi connectivity index (χ3n) is 5.03. The van der Waals surface area contributed by atoms with Gasteiger partial charge in [-0.15, -0.1) is 11.8 Å². The maximum atomic E-state index is 13.1. The number of anilines is 2. The van der Waals surface area contributed by atoms with Crippen LogP contribution in [0.4, 0.5) is 11.6 Å². The number of amides is 1. The van der Waals surface area contributed by atoms with Crippen LogP contribution in [0.5, 0.6) is 0 Å². The van der Waals surface area contributed by atoms with E-state index in [9.17, 15) is 4.79 Å². The molecule has 31 heavy (non-hydrogen) atoms. The molecule has 2 aromatic carbocycles. The number of thioether (sulfide) groups is 1. The first-order valence-corrected chi connectivity index (χ1v) is 11.0. The Labute approximate surface area is 185 Å². The summed E-state index contributed by atoms with van der Waals surface area (Å²) in [6.45, 7) is 6.50. The van der Waals surface area contributed by atoms with Crippen molar-refractivity contribution in [2.45, 2.75) is 36.8 Å². The number of benzene rings is 2. The minimum Gasteiger partial charge on any atom is -0.368 e. The Morgan fingerprint density at radius 2 is 1.90 bits per heavy atom. The van der Waals surface area contributed by atoms with E-state index in [1.165, 1.54) is 5.56 Å². The third-order valence-corrected chi connectivity index (χ3v) is 6.12. The second kappa shape index (κ2) is 8.43. The lowest BCUT2D eigenvalue weighted by molar-refractivity contribution is 0.102. The van der Waals surface area contributed by atoms with Crippen molar-refractivity contribution in [3.05, 3.63) is 77.7 Å². The molecule has 4 N–H and O–H groups in total. The van der Waals surface area contributed by atoms with E-state index >= 15 is 0 Å². The quantitative estimate of drug-likeness (QED) is 0.369. The summed E-state index contributed by atoms with van der Waals surface area (Å²) in [4.78, 5) is 25.5. The topological polar surface area (TPSA) is 96.7 Å². The molecule has 2 heterocycles. The molecule has 0 aliphatic rings. The van der Waals surface area contributed by atoms with Crippen LogP contribution in [0.3, 0.4) is 0 Å².